The summed E-state index contributed by atoms with van der Waals surface area (Å²) in [6.45, 7) is 3.49. The fourth-order valence-corrected chi connectivity index (χ4v) is 2.00. The molecule has 0 atom stereocenters. The van der Waals surface area contributed by atoms with Gasteiger partial charge in [-0.25, -0.2) is 0 Å². The zero-order valence-electron chi connectivity index (χ0n) is 13.6. The molecule has 0 saturated heterocycles. The molecule has 0 unspecified atom stereocenters. The van der Waals surface area contributed by atoms with Gasteiger partial charge in [0.05, 0.1) is 26.0 Å². The van der Waals surface area contributed by atoms with Crippen molar-refractivity contribution in [1.82, 2.24) is 4.90 Å². The highest BCUT2D eigenvalue weighted by atomic mass is 16.5. The summed E-state index contributed by atoms with van der Waals surface area (Å²) in [5.74, 6) is 0.621. The van der Waals surface area contributed by atoms with Gasteiger partial charge in [-0.3, -0.25) is 9.69 Å². The largest absolute Gasteiger partial charge is 0.495 e. The third kappa shape index (κ3) is 6.89. The Hall–Kier alpha value is -1.63. The molecule has 0 radical (unpaired) electrons. The number of benzene rings is 1. The minimum Gasteiger partial charge on any atom is -0.495 e. The van der Waals surface area contributed by atoms with Crippen molar-refractivity contribution in [2.45, 2.75) is 6.42 Å². The van der Waals surface area contributed by atoms with Crippen molar-refractivity contribution >= 4 is 11.6 Å². The zero-order valence-corrected chi connectivity index (χ0v) is 13.6. The second-order valence-corrected chi connectivity index (χ2v) is 4.83. The summed E-state index contributed by atoms with van der Waals surface area (Å²) >= 11 is 0. The second-order valence-electron chi connectivity index (χ2n) is 4.83. The number of ether oxygens (including phenoxy) is 3. The van der Waals surface area contributed by atoms with Crippen molar-refractivity contribution in [3.63, 3.8) is 0 Å². The van der Waals surface area contributed by atoms with Crippen LogP contribution in [-0.2, 0) is 14.3 Å². The monoisotopic (exact) mass is 310 g/mol. The molecule has 0 fully saturated rings. The summed E-state index contributed by atoms with van der Waals surface area (Å²) < 4.78 is 15.4. The van der Waals surface area contributed by atoms with E-state index in [1.165, 1.54) is 0 Å². The number of methoxy groups -OCH3 is 3. The molecule has 1 aromatic carbocycles. The van der Waals surface area contributed by atoms with Crippen molar-refractivity contribution in [1.29, 1.82) is 0 Å². The van der Waals surface area contributed by atoms with E-state index < -0.39 is 0 Å². The van der Waals surface area contributed by atoms with Gasteiger partial charge in [0.1, 0.15) is 5.75 Å². The molecule has 1 N–H and O–H groups in total. The third-order valence-corrected chi connectivity index (χ3v) is 3.26. The van der Waals surface area contributed by atoms with Gasteiger partial charge in [-0.1, -0.05) is 12.1 Å². The average Bonchev–Trinajstić information content (AvgIpc) is 2.54. The van der Waals surface area contributed by atoms with Crippen LogP contribution in [0.3, 0.4) is 0 Å². The van der Waals surface area contributed by atoms with E-state index in [1.54, 1.807) is 21.3 Å². The molecule has 1 aromatic rings. The summed E-state index contributed by atoms with van der Waals surface area (Å²) in [6.07, 6.45) is 0.408. The van der Waals surface area contributed by atoms with Crippen molar-refractivity contribution in [3.8, 4) is 5.75 Å². The molecule has 1 rings (SSSR count). The van der Waals surface area contributed by atoms with Gasteiger partial charge in [0.25, 0.3) is 0 Å². The Morgan fingerprint density at radius 1 is 1.05 bits per heavy atom. The molecule has 0 spiro atoms. The van der Waals surface area contributed by atoms with Crippen LogP contribution in [0, 0.1) is 0 Å². The van der Waals surface area contributed by atoms with E-state index in [2.05, 4.69) is 10.2 Å². The third-order valence-electron chi connectivity index (χ3n) is 3.26. The molecular weight excluding hydrogens is 284 g/mol. The van der Waals surface area contributed by atoms with Gasteiger partial charge >= 0.3 is 0 Å². The van der Waals surface area contributed by atoms with Crippen LogP contribution in [0.5, 0.6) is 5.75 Å². The van der Waals surface area contributed by atoms with E-state index in [9.17, 15) is 4.79 Å². The van der Waals surface area contributed by atoms with Gasteiger partial charge in [-0.15, -0.1) is 0 Å². The lowest BCUT2D eigenvalue weighted by Crippen LogP contribution is -2.33. The number of para-hydroxylation sites is 2. The number of carbonyl (C=O) groups excluding carboxylic acids is 1. The molecular formula is C16H26N2O4. The number of nitrogens with one attached hydrogen (secondary N) is 1. The van der Waals surface area contributed by atoms with E-state index in [4.69, 9.17) is 14.2 Å². The second kappa shape index (κ2) is 11.0. The Kier molecular flexibility index (Phi) is 9.21. The molecule has 0 bridgehead atoms. The van der Waals surface area contributed by atoms with Gasteiger partial charge in [0.2, 0.25) is 5.91 Å². The molecule has 6 heteroatoms. The summed E-state index contributed by atoms with van der Waals surface area (Å²) in [5, 5.41) is 2.88. The Labute approximate surface area is 132 Å². The van der Waals surface area contributed by atoms with E-state index in [-0.39, 0.29) is 5.91 Å². The maximum absolute atomic E-state index is 12.1. The van der Waals surface area contributed by atoms with Crippen LogP contribution in [-0.4, -0.2) is 65.0 Å². The fraction of sp³-hybridized carbons (Fsp3) is 0.562. The van der Waals surface area contributed by atoms with Crippen LogP contribution in [0.2, 0.25) is 0 Å². The minimum atomic E-state index is -0.0377. The maximum atomic E-state index is 12.1. The predicted molar refractivity (Wildman–Crippen MR) is 86.4 cm³/mol. The van der Waals surface area contributed by atoms with Crippen LogP contribution in [0.25, 0.3) is 0 Å². The van der Waals surface area contributed by atoms with E-state index in [0.717, 1.165) is 13.1 Å². The lowest BCUT2D eigenvalue weighted by atomic mass is 10.2. The molecule has 0 aliphatic heterocycles. The first kappa shape index (κ1) is 18.4. The van der Waals surface area contributed by atoms with Gasteiger partial charge < -0.3 is 19.5 Å². The van der Waals surface area contributed by atoms with Gasteiger partial charge in [-0.05, 0) is 12.1 Å². The Bertz CT molecular complexity index is 432. The molecule has 22 heavy (non-hydrogen) atoms. The molecule has 0 aromatic heterocycles. The number of amides is 1. The summed E-state index contributed by atoms with van der Waals surface area (Å²) in [7, 11) is 4.92. The standard InChI is InChI=1S/C16H26N2O4/c1-20-12-10-18(11-13-21-2)9-8-16(19)17-14-6-4-5-7-15(14)22-3/h4-7H,8-13H2,1-3H3,(H,17,19). The van der Waals surface area contributed by atoms with Gasteiger partial charge in [-0.2, -0.15) is 0 Å². The number of carbonyl (C=O) groups is 1. The van der Waals surface area contributed by atoms with Crippen LogP contribution >= 0.6 is 0 Å². The Morgan fingerprint density at radius 2 is 1.68 bits per heavy atom. The number of hydrogen-bond donors (Lipinski definition) is 1. The Balaban J connectivity index is 2.45. The summed E-state index contributed by atoms with van der Waals surface area (Å²) in [5.41, 5.74) is 0.690. The van der Waals surface area contributed by atoms with Crippen molar-refractivity contribution in [2.75, 3.05) is 59.5 Å². The van der Waals surface area contributed by atoms with Crippen molar-refractivity contribution in [3.05, 3.63) is 24.3 Å². The van der Waals surface area contributed by atoms with Crippen LogP contribution < -0.4 is 10.1 Å². The highest BCUT2D eigenvalue weighted by Gasteiger charge is 2.10. The Morgan fingerprint density at radius 3 is 2.27 bits per heavy atom. The summed E-state index contributed by atoms with van der Waals surface area (Å²) in [4.78, 5) is 14.2. The number of hydrogen-bond acceptors (Lipinski definition) is 5. The van der Waals surface area contributed by atoms with Gasteiger partial charge in [0, 0.05) is 40.3 Å². The van der Waals surface area contributed by atoms with E-state index >= 15 is 0 Å². The zero-order chi connectivity index (χ0) is 16.2. The lowest BCUT2D eigenvalue weighted by Gasteiger charge is -2.21. The van der Waals surface area contributed by atoms with Crippen LogP contribution in [0.15, 0.2) is 24.3 Å². The van der Waals surface area contributed by atoms with Crippen molar-refractivity contribution in [2.24, 2.45) is 0 Å². The topological polar surface area (TPSA) is 60.0 Å². The molecule has 0 aliphatic rings. The molecule has 0 aliphatic carbocycles. The number of rotatable bonds is 11. The molecule has 0 heterocycles. The molecule has 0 saturated carbocycles. The first-order valence-corrected chi connectivity index (χ1v) is 7.34. The fourth-order valence-electron chi connectivity index (χ4n) is 2.00. The van der Waals surface area contributed by atoms with Crippen molar-refractivity contribution < 1.29 is 19.0 Å². The smallest absolute Gasteiger partial charge is 0.225 e. The highest BCUT2D eigenvalue weighted by molar-refractivity contribution is 5.92. The quantitative estimate of drug-likeness (QED) is 0.673. The normalized spacial score (nSPS) is 10.7. The molecule has 1 amide bonds. The molecule has 6 nitrogen and oxygen atoms in total. The highest BCUT2D eigenvalue weighted by Crippen LogP contribution is 2.22. The molecule has 124 valence electrons. The lowest BCUT2D eigenvalue weighted by molar-refractivity contribution is -0.116. The van der Waals surface area contributed by atoms with Gasteiger partial charge in [0.15, 0.2) is 0 Å². The number of anilines is 1. The first-order valence-electron chi connectivity index (χ1n) is 7.34. The maximum Gasteiger partial charge on any atom is 0.225 e. The minimum absolute atomic E-state index is 0.0377. The van der Waals surface area contributed by atoms with Crippen LogP contribution in [0.4, 0.5) is 5.69 Å². The van der Waals surface area contributed by atoms with E-state index in [0.29, 0.717) is 37.6 Å². The average molecular weight is 310 g/mol. The van der Waals surface area contributed by atoms with E-state index in [1.807, 2.05) is 24.3 Å². The summed E-state index contributed by atoms with van der Waals surface area (Å²) in [6, 6.07) is 7.37. The first-order chi connectivity index (χ1) is 10.7. The number of nitrogens with zero attached hydrogens (tertiary/aromatic N) is 1. The van der Waals surface area contributed by atoms with Crippen LogP contribution in [0.1, 0.15) is 6.42 Å². The predicted octanol–water partition coefficient (Wildman–Crippen LogP) is 1.62. The SMILES string of the molecule is COCCN(CCOC)CCC(=O)Nc1ccccc1OC.